The first kappa shape index (κ1) is 101. The second kappa shape index (κ2) is 44.8. The smallest absolute Gasteiger partial charge is 0.323 e. The number of morpholine rings is 1. The molecule has 11 aliphatic heterocycles. The largest absolute Gasteiger partial charge is 0.497 e. The van der Waals surface area contributed by atoms with Crippen LogP contribution in [0.5, 0.6) is 23.0 Å². The predicted molar refractivity (Wildman–Crippen MR) is 529 cm³/mol. The molecule has 4 atom stereocenters. The van der Waals surface area contributed by atoms with Crippen LogP contribution in [0, 0.1) is 47.4 Å². The average Bonchev–Trinajstić information content (AvgIpc) is 1.69. The van der Waals surface area contributed by atoms with Gasteiger partial charge in [-0.25, -0.2) is 19.2 Å². The molecule has 748 valence electrons. The molecule has 7 fully saturated rings. The van der Waals surface area contributed by atoms with E-state index in [4.69, 9.17) is 23.7 Å². The third-order valence-electron chi connectivity index (χ3n) is 26.7. The molecule has 0 aliphatic carbocycles. The summed E-state index contributed by atoms with van der Waals surface area (Å²) in [5.41, 5.74) is 5.29. The number of urea groups is 4. The van der Waals surface area contributed by atoms with Crippen LogP contribution >= 0.6 is 0 Å². The van der Waals surface area contributed by atoms with Gasteiger partial charge in [0.15, 0.2) is 23.0 Å². The van der Waals surface area contributed by atoms with Crippen molar-refractivity contribution in [1.82, 2.24) is 91.6 Å². The number of amides is 15. The molecule has 0 bridgehead atoms. The molecule has 7 aromatic carbocycles. The molecule has 12 heterocycles. The van der Waals surface area contributed by atoms with Crippen molar-refractivity contribution < 1.29 is 92.0 Å². The van der Waals surface area contributed by atoms with Crippen molar-refractivity contribution in [3.63, 3.8) is 0 Å². The molecule has 15 amide bonds. The van der Waals surface area contributed by atoms with E-state index in [9.17, 15) is 68.4 Å². The molecule has 0 saturated carbocycles. The Bertz CT molecular complexity index is 6720. The van der Waals surface area contributed by atoms with Gasteiger partial charge in [0.2, 0.25) is 16.6 Å². The zero-order chi connectivity index (χ0) is 102. The fourth-order valence-electron chi connectivity index (χ4n) is 18.5. The van der Waals surface area contributed by atoms with E-state index in [-0.39, 0.29) is 43.9 Å². The summed E-state index contributed by atoms with van der Waals surface area (Å²) in [5.74, 6) is 24.9. The molecular weight excluding hydrogens is 1860 g/mol. The minimum absolute atomic E-state index is 0.0622. The highest BCUT2D eigenvalue weighted by Gasteiger charge is 2.52. The molecule has 7 saturated heterocycles. The Kier molecular flexibility index (Phi) is 31.2. The highest BCUT2D eigenvalue weighted by Crippen LogP contribution is 2.33. The summed E-state index contributed by atoms with van der Waals surface area (Å²) >= 11 is 0. The van der Waals surface area contributed by atoms with Gasteiger partial charge >= 0.3 is 24.1 Å². The Balaban J connectivity index is 0.000000139. The number of carbonyl (C=O) groups is 11. The van der Waals surface area contributed by atoms with Crippen molar-refractivity contribution in [3.05, 3.63) is 254 Å². The summed E-state index contributed by atoms with van der Waals surface area (Å²) in [7, 11) is 10.5. The first-order chi connectivity index (χ1) is 70.1. The second-order valence-corrected chi connectivity index (χ2v) is 36.1. The molecular formula is C105H109N21O19. The Labute approximate surface area is 836 Å². The lowest BCUT2D eigenvalue weighted by atomic mass is 9.94. The van der Waals surface area contributed by atoms with E-state index in [1.807, 2.05) is 76.5 Å². The number of hydrogen-bond donors (Lipinski definition) is 11. The summed E-state index contributed by atoms with van der Waals surface area (Å²) in [6, 6.07) is 44.5. The van der Waals surface area contributed by atoms with Gasteiger partial charge < -0.3 is 99.8 Å². The van der Waals surface area contributed by atoms with Gasteiger partial charge in [-0.1, -0.05) is 75.0 Å². The van der Waals surface area contributed by atoms with Crippen molar-refractivity contribution in [2.45, 2.75) is 60.8 Å². The number of ether oxygens (including phenoxy) is 5. The number of imide groups is 4. The van der Waals surface area contributed by atoms with E-state index in [1.54, 1.807) is 130 Å². The Morgan fingerprint density at radius 2 is 0.717 bits per heavy atom. The standard InChI is InChI=1S/C29H32N6O5.C28H30N6O5.C27H29N5O5.C21H18N4O4/c1-33-13-3-14-34(17-16-33)25(32-39)21-6-4-20(5-7-21)10-12-29(27(37)30-28(38)31-29)19-35-15-11-22-18-23(40-2)8-9-24(22)26(35)36;1-32-13-15-33(16-14-32)24(31-38)20-5-3-19(4-6-20)9-11-28(26(36)29-27(37)30-28)18-34-12-10-21-17-22(39-2)7-8-23(21)25(34)35;1-36-23-7-6-22-17-31(11-9-21(22)16-23)18-27(25(33)28-26(34)29-27)10-8-19-2-4-20(5-3-19)24(30-35)32-12-14-37-15-13-32;1-29-16-5-4-15-7-10-25(18(26)17(15)11-16)13-21(19(27)23-20(28)24-21)8-6-14-3-2-9-22-12-14/h4-9,18,39H,3,11,13-17,19H2,1-2H3,(H2,30,31,37,38);3-8,17,38H,10,12-16,18H2,1-2H3,(H2,29,30,36,37);2-7,16,35H,9,11-15,17-18H2,1H3,(H2,28,29,33,34);2-5,9,11-12H,7,10,13H2,1H3,(H2,23,24,27,28)/t29-;28-;27-;21-/m1111/s1. The van der Waals surface area contributed by atoms with Crippen LogP contribution in [0.25, 0.3) is 0 Å². The lowest BCUT2D eigenvalue weighted by molar-refractivity contribution is -0.123. The van der Waals surface area contributed by atoms with Gasteiger partial charge in [0.05, 0.1) is 61.3 Å². The Hall–Kier alpha value is -17.1. The third kappa shape index (κ3) is 23.3. The van der Waals surface area contributed by atoms with Gasteiger partial charge in [-0.05, 0) is 226 Å². The van der Waals surface area contributed by atoms with Crippen LogP contribution in [0.2, 0.25) is 0 Å². The van der Waals surface area contributed by atoms with E-state index in [2.05, 4.69) is 144 Å². The number of methoxy groups -OCH3 is 4. The van der Waals surface area contributed by atoms with Crippen molar-refractivity contribution >= 4 is 83.0 Å². The number of oxime groups is 3. The number of carbonyl (C=O) groups excluding carboxylic acids is 11. The topological polar surface area (TPSA) is 470 Å². The summed E-state index contributed by atoms with van der Waals surface area (Å²) < 4.78 is 26.4. The summed E-state index contributed by atoms with van der Waals surface area (Å²) in [5, 5.41) is 59.2. The number of hydrogen-bond acceptors (Lipinski definition) is 26. The number of nitrogens with zero attached hydrogens (tertiary/aromatic N) is 13. The van der Waals surface area contributed by atoms with E-state index >= 15 is 0 Å². The number of fused-ring (bicyclic) bond motifs is 4. The number of aromatic nitrogens is 1. The van der Waals surface area contributed by atoms with Crippen LogP contribution in [-0.4, -0.2) is 343 Å². The van der Waals surface area contributed by atoms with E-state index in [0.29, 0.717) is 145 Å². The summed E-state index contributed by atoms with van der Waals surface area (Å²) in [6.07, 6.45) is 6.75. The number of rotatable bonds is 15. The fraction of sp³-hybridized carbons (Fsp3) is 0.343. The van der Waals surface area contributed by atoms with Crippen LogP contribution in [0.15, 0.2) is 186 Å². The maximum atomic E-state index is 13.3. The molecule has 40 heteroatoms. The molecule has 40 nitrogen and oxygen atoms in total. The normalized spacial score (nSPS) is 21.4. The highest BCUT2D eigenvalue weighted by atomic mass is 16.5. The van der Waals surface area contributed by atoms with Crippen LogP contribution in [0.4, 0.5) is 19.2 Å². The van der Waals surface area contributed by atoms with Crippen molar-refractivity contribution in [2.24, 2.45) is 15.5 Å². The van der Waals surface area contributed by atoms with Gasteiger partial charge in [-0.2, -0.15) is 0 Å². The van der Waals surface area contributed by atoms with Gasteiger partial charge in [0.1, 0.15) is 23.0 Å². The first-order valence-corrected chi connectivity index (χ1v) is 47.1. The summed E-state index contributed by atoms with van der Waals surface area (Å²) in [4.78, 5) is 160. The van der Waals surface area contributed by atoms with E-state index < -0.39 is 69.9 Å². The lowest BCUT2D eigenvalue weighted by Gasteiger charge is -2.34. The van der Waals surface area contributed by atoms with Crippen LogP contribution in [0.1, 0.15) is 104 Å². The predicted octanol–water partition coefficient (Wildman–Crippen LogP) is 3.67. The molecule has 1 aromatic heterocycles. The fourth-order valence-corrected chi connectivity index (χ4v) is 18.5. The first-order valence-electron chi connectivity index (χ1n) is 47.1. The monoisotopic (exact) mass is 1970 g/mol. The van der Waals surface area contributed by atoms with E-state index in [1.165, 1.54) is 22.5 Å². The number of likely N-dealkylation sites (N-methyl/N-ethyl adjacent to an activating group) is 2. The molecule has 11 aliphatic rings. The van der Waals surface area contributed by atoms with Crippen LogP contribution in [-0.2, 0) is 56.1 Å². The lowest BCUT2D eigenvalue weighted by Crippen LogP contribution is -2.56. The van der Waals surface area contributed by atoms with Gasteiger partial charge in [0, 0.05) is 166 Å². The minimum Gasteiger partial charge on any atom is -0.497 e. The molecule has 11 N–H and O–H groups in total. The molecule has 8 aromatic rings. The Morgan fingerprint density at radius 3 is 1.11 bits per heavy atom. The molecule has 0 spiro atoms. The van der Waals surface area contributed by atoms with Crippen LogP contribution in [0.3, 0.4) is 0 Å². The van der Waals surface area contributed by atoms with Crippen molar-refractivity contribution in [2.75, 3.05) is 174 Å². The average molecular weight is 1970 g/mol. The summed E-state index contributed by atoms with van der Waals surface area (Å²) in [6.45, 7) is 11.6. The van der Waals surface area contributed by atoms with Crippen LogP contribution < -0.4 is 61.5 Å². The van der Waals surface area contributed by atoms with Crippen molar-refractivity contribution in [1.29, 1.82) is 0 Å². The number of amidine groups is 3. The SMILES string of the molecule is COc1ccc2c(c1)C(=O)N(C[C@@]1(C#Cc3cccnc3)NC(=O)NC1=O)CC2.COc1ccc2c(c1)CCN(C[C@@]1(C#Cc3ccc(C(=NO)N4CCCN(C)CC4)cc3)NC(=O)NC1=O)C2=O.COc1ccc2c(c1)CCN(C[C@@]1(C#Cc3ccc(C(=NO)N4CCN(C)CC4)cc3)NC(=O)NC1=O)C2=O.COc1ccc2c(c1)CCN(C[C@@]1(C#Cc3ccc(C(=NO)N4CCOCC4)cc3)NC(=O)NC1=O)C2. The quantitative estimate of drug-likeness (QED) is 0.0174. The zero-order valence-corrected chi connectivity index (χ0v) is 80.7. The molecule has 0 radical (unpaired) electrons. The second-order valence-electron chi connectivity index (χ2n) is 36.1. The van der Waals surface area contributed by atoms with Gasteiger partial charge in [-0.3, -0.25) is 64.7 Å². The number of pyridine rings is 1. The number of benzene rings is 7. The van der Waals surface area contributed by atoms with Gasteiger partial charge in [0.25, 0.3) is 41.4 Å². The minimum atomic E-state index is -1.59. The molecule has 19 rings (SSSR count). The molecule has 0 unspecified atom stereocenters. The number of piperazine rings is 1. The zero-order valence-electron chi connectivity index (χ0n) is 80.7. The third-order valence-corrected chi connectivity index (χ3v) is 26.7. The Morgan fingerprint density at radius 1 is 0.366 bits per heavy atom. The highest BCUT2D eigenvalue weighted by molar-refractivity contribution is 6.13. The van der Waals surface area contributed by atoms with Gasteiger partial charge in [-0.15, -0.1) is 0 Å². The number of nitrogens with one attached hydrogen (secondary N) is 8. The van der Waals surface area contributed by atoms with E-state index in [0.717, 1.165) is 116 Å². The van der Waals surface area contributed by atoms with Crippen molar-refractivity contribution in [3.8, 4) is 70.4 Å². The maximum absolute atomic E-state index is 13.3. The molecule has 145 heavy (non-hydrogen) atoms. The maximum Gasteiger partial charge on any atom is 0.323 e.